The van der Waals surface area contributed by atoms with Crippen molar-refractivity contribution in [1.29, 1.82) is 0 Å². The molecule has 7 nitrogen and oxygen atoms in total. The van der Waals surface area contributed by atoms with Crippen molar-refractivity contribution in [3.05, 3.63) is 48.0 Å². The highest BCUT2D eigenvalue weighted by atomic mass is 32.2. The van der Waals surface area contributed by atoms with Gasteiger partial charge < -0.3 is 19.3 Å². The third kappa shape index (κ3) is 4.83. The third-order valence-electron chi connectivity index (χ3n) is 5.33. The number of anilines is 1. The Kier molecular flexibility index (Phi) is 5.94. The van der Waals surface area contributed by atoms with Crippen molar-refractivity contribution in [2.75, 3.05) is 57.9 Å². The second-order valence-electron chi connectivity index (χ2n) is 7.41. The summed E-state index contributed by atoms with van der Waals surface area (Å²) in [4.78, 5) is 4.90. The Morgan fingerprint density at radius 2 is 1.62 bits per heavy atom. The number of benzene rings is 2. The molecular weight excluding hydrogens is 390 g/mol. The van der Waals surface area contributed by atoms with Crippen LogP contribution in [0.2, 0.25) is 0 Å². The molecule has 2 aliphatic rings. The summed E-state index contributed by atoms with van der Waals surface area (Å²) in [6, 6.07) is 13.1. The van der Waals surface area contributed by atoms with Crippen LogP contribution in [0.3, 0.4) is 0 Å². The number of rotatable bonds is 6. The van der Waals surface area contributed by atoms with E-state index in [2.05, 4.69) is 45.8 Å². The van der Waals surface area contributed by atoms with Crippen molar-refractivity contribution >= 4 is 15.7 Å². The van der Waals surface area contributed by atoms with E-state index in [4.69, 9.17) is 9.47 Å². The SMILES string of the molecule is CN1CCN(c2ccc(CCNS(=O)(=O)c3ccc4c(c3)OCCO4)cc2)CC1. The van der Waals surface area contributed by atoms with Crippen LogP contribution in [-0.2, 0) is 16.4 Å². The fourth-order valence-corrected chi connectivity index (χ4v) is 4.59. The molecule has 0 radical (unpaired) electrons. The largest absolute Gasteiger partial charge is 0.486 e. The number of ether oxygens (including phenoxy) is 2. The van der Waals surface area contributed by atoms with Gasteiger partial charge >= 0.3 is 0 Å². The van der Waals surface area contributed by atoms with Crippen LogP contribution in [0, 0.1) is 0 Å². The Balaban J connectivity index is 1.32. The molecule has 1 saturated heterocycles. The minimum Gasteiger partial charge on any atom is -0.486 e. The average Bonchev–Trinajstić information content (AvgIpc) is 2.74. The molecule has 0 unspecified atom stereocenters. The minimum absolute atomic E-state index is 0.187. The van der Waals surface area contributed by atoms with Crippen LogP contribution in [-0.4, -0.2) is 66.3 Å². The van der Waals surface area contributed by atoms with E-state index in [1.807, 2.05) is 0 Å². The van der Waals surface area contributed by atoms with E-state index in [9.17, 15) is 8.42 Å². The molecule has 1 fully saturated rings. The van der Waals surface area contributed by atoms with E-state index >= 15 is 0 Å². The molecule has 1 N–H and O–H groups in total. The number of fused-ring (bicyclic) bond motifs is 1. The van der Waals surface area contributed by atoms with Crippen molar-refractivity contribution in [3.63, 3.8) is 0 Å². The van der Waals surface area contributed by atoms with Gasteiger partial charge in [-0.3, -0.25) is 0 Å². The van der Waals surface area contributed by atoms with Crippen LogP contribution in [0.5, 0.6) is 11.5 Å². The zero-order chi connectivity index (χ0) is 20.3. The molecule has 8 heteroatoms. The summed E-state index contributed by atoms with van der Waals surface area (Å²) in [5.74, 6) is 1.05. The Morgan fingerprint density at radius 3 is 2.34 bits per heavy atom. The van der Waals surface area contributed by atoms with E-state index in [0.29, 0.717) is 37.7 Å². The Labute approximate surface area is 172 Å². The van der Waals surface area contributed by atoms with E-state index in [0.717, 1.165) is 31.7 Å². The second-order valence-corrected chi connectivity index (χ2v) is 9.18. The number of nitrogens with one attached hydrogen (secondary N) is 1. The van der Waals surface area contributed by atoms with Gasteiger partial charge in [-0.05, 0) is 43.3 Å². The molecule has 0 atom stereocenters. The molecule has 2 aliphatic heterocycles. The minimum atomic E-state index is -3.59. The molecule has 0 aliphatic carbocycles. The monoisotopic (exact) mass is 417 g/mol. The molecule has 2 aromatic carbocycles. The lowest BCUT2D eigenvalue weighted by Gasteiger charge is -2.34. The normalized spacial score (nSPS) is 17.3. The van der Waals surface area contributed by atoms with Gasteiger partial charge in [-0.2, -0.15) is 0 Å². The highest BCUT2D eigenvalue weighted by molar-refractivity contribution is 7.89. The van der Waals surface area contributed by atoms with Crippen LogP contribution in [0.25, 0.3) is 0 Å². The van der Waals surface area contributed by atoms with Gasteiger partial charge in [0, 0.05) is 44.5 Å². The number of hydrogen-bond acceptors (Lipinski definition) is 6. The second kappa shape index (κ2) is 8.61. The van der Waals surface area contributed by atoms with Gasteiger partial charge in [-0.25, -0.2) is 13.1 Å². The Bertz CT molecular complexity index is 939. The number of sulfonamides is 1. The number of likely N-dealkylation sites (N-methyl/N-ethyl adjacent to an activating group) is 1. The predicted octanol–water partition coefficient (Wildman–Crippen LogP) is 1.73. The van der Waals surface area contributed by atoms with E-state index < -0.39 is 10.0 Å². The number of hydrogen-bond donors (Lipinski definition) is 1. The van der Waals surface area contributed by atoms with Gasteiger partial charge in [0.1, 0.15) is 13.2 Å². The molecule has 0 amide bonds. The first-order valence-corrected chi connectivity index (χ1v) is 11.4. The predicted molar refractivity (Wildman–Crippen MR) is 112 cm³/mol. The highest BCUT2D eigenvalue weighted by Crippen LogP contribution is 2.32. The smallest absolute Gasteiger partial charge is 0.240 e. The number of nitrogens with zero attached hydrogens (tertiary/aromatic N) is 2. The molecule has 0 aromatic heterocycles. The molecule has 156 valence electrons. The summed E-state index contributed by atoms with van der Waals surface area (Å²) >= 11 is 0. The molecule has 0 bridgehead atoms. The van der Waals surface area contributed by atoms with Crippen molar-refractivity contribution in [2.45, 2.75) is 11.3 Å². The topological polar surface area (TPSA) is 71.1 Å². The maximum absolute atomic E-state index is 12.6. The lowest BCUT2D eigenvalue weighted by molar-refractivity contribution is 0.171. The zero-order valence-electron chi connectivity index (χ0n) is 16.6. The van der Waals surface area contributed by atoms with Crippen LogP contribution in [0.1, 0.15) is 5.56 Å². The van der Waals surface area contributed by atoms with Crippen molar-refractivity contribution < 1.29 is 17.9 Å². The van der Waals surface area contributed by atoms with E-state index in [1.165, 1.54) is 11.8 Å². The lowest BCUT2D eigenvalue weighted by atomic mass is 10.1. The van der Waals surface area contributed by atoms with E-state index in [-0.39, 0.29) is 4.90 Å². The fraction of sp³-hybridized carbons (Fsp3) is 0.429. The summed E-state index contributed by atoms with van der Waals surface area (Å²) in [5.41, 5.74) is 2.33. The van der Waals surface area contributed by atoms with Crippen molar-refractivity contribution in [1.82, 2.24) is 9.62 Å². The summed E-state index contributed by atoms with van der Waals surface area (Å²) in [6.45, 7) is 5.45. The summed E-state index contributed by atoms with van der Waals surface area (Å²) < 4.78 is 38.7. The van der Waals surface area contributed by atoms with Gasteiger partial charge in [0.15, 0.2) is 11.5 Å². The van der Waals surface area contributed by atoms with Gasteiger partial charge in [-0.1, -0.05) is 12.1 Å². The van der Waals surface area contributed by atoms with Crippen LogP contribution >= 0.6 is 0 Å². The lowest BCUT2D eigenvalue weighted by Crippen LogP contribution is -2.44. The van der Waals surface area contributed by atoms with Crippen LogP contribution in [0.4, 0.5) is 5.69 Å². The van der Waals surface area contributed by atoms with Gasteiger partial charge in [-0.15, -0.1) is 0 Å². The van der Waals surface area contributed by atoms with Gasteiger partial charge in [0.25, 0.3) is 0 Å². The maximum atomic E-state index is 12.6. The first kappa shape index (κ1) is 20.0. The van der Waals surface area contributed by atoms with Crippen LogP contribution in [0.15, 0.2) is 47.4 Å². The molecule has 29 heavy (non-hydrogen) atoms. The zero-order valence-corrected chi connectivity index (χ0v) is 17.5. The Hall–Kier alpha value is -2.29. The summed E-state index contributed by atoms with van der Waals surface area (Å²) in [6.07, 6.45) is 0.632. The average molecular weight is 418 g/mol. The highest BCUT2D eigenvalue weighted by Gasteiger charge is 2.19. The van der Waals surface area contributed by atoms with Gasteiger partial charge in [0.05, 0.1) is 4.90 Å². The fourth-order valence-electron chi connectivity index (χ4n) is 3.54. The van der Waals surface area contributed by atoms with Crippen LogP contribution < -0.4 is 19.1 Å². The van der Waals surface area contributed by atoms with Crippen molar-refractivity contribution in [3.8, 4) is 11.5 Å². The molecular formula is C21H27N3O4S. The molecule has 4 rings (SSSR count). The summed E-state index contributed by atoms with van der Waals surface area (Å²) in [7, 11) is -1.45. The first-order valence-electron chi connectivity index (χ1n) is 9.93. The Morgan fingerprint density at radius 1 is 0.931 bits per heavy atom. The van der Waals surface area contributed by atoms with E-state index in [1.54, 1.807) is 12.1 Å². The summed E-state index contributed by atoms with van der Waals surface area (Å²) in [5, 5.41) is 0. The molecule has 2 heterocycles. The van der Waals surface area contributed by atoms with Crippen molar-refractivity contribution in [2.24, 2.45) is 0 Å². The van der Waals surface area contributed by atoms with Gasteiger partial charge in [0.2, 0.25) is 10.0 Å². The first-order chi connectivity index (χ1) is 14.0. The maximum Gasteiger partial charge on any atom is 0.240 e. The number of piperazine rings is 1. The standard InChI is InChI=1S/C21H27N3O4S/c1-23-10-12-24(13-11-23)18-4-2-17(3-5-18)8-9-22-29(25,26)19-6-7-20-21(16-19)28-15-14-27-20/h2-7,16,22H,8-15H2,1H3. The molecule has 2 aromatic rings. The quantitative estimate of drug-likeness (QED) is 0.772. The molecule has 0 spiro atoms. The molecule has 0 saturated carbocycles. The third-order valence-corrected chi connectivity index (χ3v) is 6.79.